The van der Waals surface area contributed by atoms with E-state index in [0.717, 1.165) is 5.02 Å². The Hall–Kier alpha value is -0.570. The summed E-state index contributed by atoms with van der Waals surface area (Å²) in [6.45, 7) is 6.72. The molecular weight excluding hydrogens is 222 g/mol. The lowest BCUT2D eigenvalue weighted by Crippen LogP contribution is -2.32. The fourth-order valence-corrected chi connectivity index (χ4v) is 1.53. The van der Waals surface area contributed by atoms with E-state index < -0.39 is 0 Å². The molecule has 0 aromatic heterocycles. The van der Waals surface area contributed by atoms with Gasteiger partial charge in [-0.15, -0.1) is 0 Å². The zero-order valence-electron chi connectivity index (χ0n) is 10.1. The molecule has 0 amide bonds. The third kappa shape index (κ3) is 4.12. The van der Waals surface area contributed by atoms with Crippen LogP contribution >= 0.6 is 11.6 Å². The lowest BCUT2D eigenvalue weighted by Gasteiger charge is -2.19. The first-order valence-electron chi connectivity index (χ1n) is 5.67. The van der Waals surface area contributed by atoms with Crippen LogP contribution in [0.4, 0.5) is 0 Å². The molecule has 0 heterocycles. The van der Waals surface area contributed by atoms with Crippen LogP contribution in [0, 0.1) is 5.92 Å². The minimum absolute atomic E-state index is 0.227. The van der Waals surface area contributed by atoms with E-state index in [1.54, 1.807) is 0 Å². The topological polar surface area (TPSA) is 32.3 Å². The van der Waals surface area contributed by atoms with E-state index in [4.69, 9.17) is 11.6 Å². The van der Waals surface area contributed by atoms with Gasteiger partial charge < -0.3 is 10.4 Å². The highest BCUT2D eigenvalue weighted by atomic mass is 35.5. The third-order valence-corrected chi connectivity index (χ3v) is 3.02. The molecule has 0 fully saturated rings. The number of benzene rings is 1. The van der Waals surface area contributed by atoms with Crippen LogP contribution in [0.15, 0.2) is 24.3 Å². The summed E-state index contributed by atoms with van der Waals surface area (Å²) in [6.07, 6.45) is -0.297. The largest absolute Gasteiger partial charge is 0.392 e. The van der Waals surface area contributed by atoms with Gasteiger partial charge in [0, 0.05) is 17.6 Å². The van der Waals surface area contributed by atoms with E-state index in [1.807, 2.05) is 38.1 Å². The van der Waals surface area contributed by atoms with Crippen molar-refractivity contribution in [2.75, 3.05) is 6.54 Å². The molecule has 0 spiro atoms. The highest BCUT2D eigenvalue weighted by Crippen LogP contribution is 2.16. The van der Waals surface area contributed by atoms with E-state index in [-0.39, 0.29) is 18.1 Å². The van der Waals surface area contributed by atoms with Gasteiger partial charge in [-0.2, -0.15) is 0 Å². The lowest BCUT2D eigenvalue weighted by molar-refractivity contribution is 0.120. The van der Waals surface area contributed by atoms with Crippen LogP contribution in [0.1, 0.15) is 32.4 Å². The van der Waals surface area contributed by atoms with Crippen molar-refractivity contribution in [1.29, 1.82) is 0 Å². The predicted molar refractivity (Wildman–Crippen MR) is 68.7 cm³/mol. The van der Waals surface area contributed by atoms with Gasteiger partial charge in [0.05, 0.1) is 6.10 Å². The molecule has 16 heavy (non-hydrogen) atoms. The minimum atomic E-state index is -0.297. The number of hydrogen-bond acceptors (Lipinski definition) is 2. The van der Waals surface area contributed by atoms with Crippen molar-refractivity contribution in [3.8, 4) is 0 Å². The molecular formula is C13H20ClNO. The summed E-state index contributed by atoms with van der Waals surface area (Å²) in [5, 5.41) is 13.7. The summed E-state index contributed by atoms with van der Waals surface area (Å²) in [7, 11) is 0. The second-order valence-corrected chi connectivity index (χ2v) is 4.93. The zero-order valence-corrected chi connectivity index (χ0v) is 10.8. The van der Waals surface area contributed by atoms with Crippen LogP contribution in [0.25, 0.3) is 0 Å². The maximum Gasteiger partial charge on any atom is 0.0687 e. The average molecular weight is 242 g/mol. The fourth-order valence-electron chi connectivity index (χ4n) is 1.40. The Bertz CT molecular complexity index is 310. The van der Waals surface area contributed by atoms with Crippen LogP contribution in [0.3, 0.4) is 0 Å². The van der Waals surface area contributed by atoms with E-state index in [9.17, 15) is 5.11 Å². The summed E-state index contributed by atoms with van der Waals surface area (Å²) in [5.41, 5.74) is 1.18. The molecule has 0 aliphatic carbocycles. The van der Waals surface area contributed by atoms with Gasteiger partial charge in [0.25, 0.3) is 0 Å². The molecule has 2 atom stereocenters. The molecule has 90 valence electrons. The summed E-state index contributed by atoms with van der Waals surface area (Å²) in [5.74, 6) is 0.282. The van der Waals surface area contributed by atoms with Gasteiger partial charge in [-0.1, -0.05) is 37.6 Å². The Morgan fingerprint density at radius 2 is 1.75 bits per heavy atom. The van der Waals surface area contributed by atoms with E-state index >= 15 is 0 Å². The smallest absolute Gasteiger partial charge is 0.0687 e. The predicted octanol–water partition coefficient (Wildman–Crippen LogP) is 3.01. The number of nitrogens with one attached hydrogen (secondary N) is 1. The normalized spacial score (nSPS) is 15.1. The van der Waals surface area contributed by atoms with Crippen LogP contribution in [0.2, 0.25) is 5.02 Å². The summed E-state index contributed by atoms with van der Waals surface area (Å²) >= 11 is 5.83. The monoisotopic (exact) mass is 241 g/mol. The van der Waals surface area contributed by atoms with Gasteiger partial charge in [-0.25, -0.2) is 0 Å². The quantitative estimate of drug-likeness (QED) is 0.831. The Balaban J connectivity index is 2.46. The first-order chi connectivity index (χ1) is 7.50. The summed E-state index contributed by atoms with van der Waals surface area (Å²) in [4.78, 5) is 0. The molecule has 3 heteroatoms. The molecule has 1 rings (SSSR count). The number of aliphatic hydroxyl groups excluding tert-OH is 1. The Morgan fingerprint density at radius 3 is 2.25 bits per heavy atom. The van der Waals surface area contributed by atoms with Gasteiger partial charge in [-0.05, 0) is 30.5 Å². The van der Waals surface area contributed by atoms with Crippen molar-refractivity contribution in [3.05, 3.63) is 34.9 Å². The van der Waals surface area contributed by atoms with E-state index in [0.29, 0.717) is 6.54 Å². The second kappa shape index (κ2) is 6.24. The molecule has 2 nitrogen and oxygen atoms in total. The molecule has 0 saturated heterocycles. The molecule has 0 bridgehead atoms. The second-order valence-electron chi connectivity index (χ2n) is 4.49. The molecule has 1 aromatic carbocycles. The van der Waals surface area contributed by atoms with Crippen molar-refractivity contribution in [1.82, 2.24) is 5.32 Å². The Morgan fingerprint density at radius 1 is 1.19 bits per heavy atom. The van der Waals surface area contributed by atoms with Gasteiger partial charge in [0.2, 0.25) is 0 Å². The third-order valence-electron chi connectivity index (χ3n) is 2.77. The van der Waals surface area contributed by atoms with Crippen molar-refractivity contribution in [2.24, 2.45) is 5.92 Å². The molecule has 0 aliphatic heterocycles. The highest BCUT2D eigenvalue weighted by Gasteiger charge is 2.11. The maximum atomic E-state index is 9.68. The number of halogens is 1. The van der Waals surface area contributed by atoms with Crippen LogP contribution in [0.5, 0.6) is 0 Å². The number of hydrogen-bond donors (Lipinski definition) is 2. The number of rotatable bonds is 5. The van der Waals surface area contributed by atoms with Gasteiger partial charge in [0.15, 0.2) is 0 Å². The van der Waals surface area contributed by atoms with Gasteiger partial charge in [-0.3, -0.25) is 0 Å². The van der Waals surface area contributed by atoms with Crippen LogP contribution < -0.4 is 5.32 Å². The van der Waals surface area contributed by atoms with E-state index in [2.05, 4.69) is 12.2 Å². The van der Waals surface area contributed by atoms with Crippen molar-refractivity contribution < 1.29 is 5.11 Å². The van der Waals surface area contributed by atoms with E-state index in [1.165, 1.54) is 5.56 Å². The first kappa shape index (κ1) is 13.5. The molecule has 2 unspecified atom stereocenters. The van der Waals surface area contributed by atoms with Gasteiger partial charge in [0.1, 0.15) is 0 Å². The fraction of sp³-hybridized carbons (Fsp3) is 0.538. The molecule has 0 aliphatic rings. The van der Waals surface area contributed by atoms with Crippen molar-refractivity contribution in [2.45, 2.75) is 32.9 Å². The van der Waals surface area contributed by atoms with Crippen LogP contribution in [-0.2, 0) is 0 Å². The van der Waals surface area contributed by atoms with Crippen LogP contribution in [-0.4, -0.2) is 17.8 Å². The molecule has 1 aromatic rings. The maximum absolute atomic E-state index is 9.68. The lowest BCUT2D eigenvalue weighted by atomic mass is 10.1. The molecule has 2 N–H and O–H groups in total. The Labute approximate surface area is 103 Å². The molecule has 0 radical (unpaired) electrons. The standard InChI is InChI=1S/C13H20ClNO/c1-9(2)13(16)8-15-10(3)11-4-6-12(14)7-5-11/h4-7,9-10,13,15-16H,8H2,1-3H3. The zero-order chi connectivity index (χ0) is 12.1. The molecule has 0 saturated carbocycles. The SMILES string of the molecule is CC(NCC(O)C(C)C)c1ccc(Cl)cc1. The average Bonchev–Trinajstić information content (AvgIpc) is 2.26. The Kier molecular flexibility index (Phi) is 5.26. The number of aliphatic hydroxyl groups is 1. The van der Waals surface area contributed by atoms with Crippen molar-refractivity contribution >= 4 is 11.6 Å². The summed E-state index contributed by atoms with van der Waals surface area (Å²) < 4.78 is 0. The van der Waals surface area contributed by atoms with Gasteiger partial charge >= 0.3 is 0 Å². The summed E-state index contributed by atoms with van der Waals surface area (Å²) in [6, 6.07) is 8.00. The highest BCUT2D eigenvalue weighted by molar-refractivity contribution is 6.30. The minimum Gasteiger partial charge on any atom is -0.392 e. The first-order valence-corrected chi connectivity index (χ1v) is 6.05. The van der Waals surface area contributed by atoms with Crippen molar-refractivity contribution in [3.63, 3.8) is 0 Å².